The quantitative estimate of drug-likeness (QED) is 0.674. The van der Waals surface area contributed by atoms with Crippen molar-refractivity contribution in [3.8, 4) is 11.5 Å². The van der Waals surface area contributed by atoms with Crippen molar-refractivity contribution >= 4 is 16.2 Å². The molecule has 3 aliphatic heterocycles. The van der Waals surface area contributed by atoms with Crippen LogP contribution in [0.2, 0.25) is 0 Å². The maximum atomic E-state index is 13.5. The van der Waals surface area contributed by atoms with Gasteiger partial charge in [-0.05, 0) is 50.3 Å². The molecule has 29 heavy (non-hydrogen) atoms. The van der Waals surface area contributed by atoms with Gasteiger partial charge < -0.3 is 14.2 Å². The van der Waals surface area contributed by atoms with Gasteiger partial charge in [-0.2, -0.15) is 17.0 Å². The van der Waals surface area contributed by atoms with Gasteiger partial charge in [0.05, 0.1) is 25.9 Å². The van der Waals surface area contributed by atoms with Crippen molar-refractivity contribution in [2.75, 3.05) is 32.9 Å². The third kappa shape index (κ3) is 3.95. The molecule has 3 aliphatic rings. The zero-order chi connectivity index (χ0) is 20.4. The molecular formula is C20H28N2O6S. The molecule has 0 aliphatic carbocycles. The molecule has 9 heteroatoms. The maximum absolute atomic E-state index is 13.5. The third-order valence-electron chi connectivity index (χ3n) is 5.72. The minimum Gasteiger partial charge on any atom is -0.490 e. The van der Waals surface area contributed by atoms with Gasteiger partial charge in [-0.1, -0.05) is 6.07 Å². The van der Waals surface area contributed by atoms with Crippen LogP contribution in [-0.4, -0.2) is 61.9 Å². The molecule has 2 atom stereocenters. The molecule has 3 heterocycles. The Hall–Kier alpha value is -1.84. The molecular weight excluding hydrogens is 396 g/mol. The van der Waals surface area contributed by atoms with Gasteiger partial charge in [0.25, 0.3) is 10.2 Å². The average Bonchev–Trinajstić information content (AvgIpc) is 3.34. The Labute approximate surface area is 171 Å². The van der Waals surface area contributed by atoms with Gasteiger partial charge in [0.15, 0.2) is 11.5 Å². The van der Waals surface area contributed by atoms with Crippen molar-refractivity contribution in [1.29, 1.82) is 0 Å². The lowest BCUT2D eigenvalue weighted by atomic mass is 10.0. The molecule has 4 rings (SSSR count). The standard InChI is InChI=1S/C20H28N2O6S/c1-2-26-20(23)17-7-4-11-22(17)29(24,25)21-10-3-6-16(21)15-8-9-18-19(14-15)28-13-5-12-27-18/h8-9,14,16-17H,2-7,10-13H2,1H3/t16-,17-/m1/s1. The maximum Gasteiger partial charge on any atom is 0.324 e. The summed E-state index contributed by atoms with van der Waals surface area (Å²) in [7, 11) is -3.78. The van der Waals surface area contributed by atoms with Crippen LogP contribution in [0.15, 0.2) is 18.2 Å². The smallest absolute Gasteiger partial charge is 0.324 e. The fourth-order valence-electron chi connectivity index (χ4n) is 4.36. The first-order valence-electron chi connectivity index (χ1n) is 10.4. The van der Waals surface area contributed by atoms with Crippen LogP contribution in [0.3, 0.4) is 0 Å². The van der Waals surface area contributed by atoms with E-state index in [9.17, 15) is 13.2 Å². The molecule has 2 fully saturated rings. The number of fused-ring (bicyclic) bond motifs is 1. The lowest BCUT2D eigenvalue weighted by Gasteiger charge is -2.31. The highest BCUT2D eigenvalue weighted by atomic mass is 32.2. The zero-order valence-corrected chi connectivity index (χ0v) is 17.5. The van der Waals surface area contributed by atoms with E-state index in [2.05, 4.69) is 0 Å². The molecule has 0 saturated carbocycles. The Bertz CT molecular complexity index is 859. The number of hydrogen-bond donors (Lipinski definition) is 0. The van der Waals surface area contributed by atoms with E-state index in [0.717, 1.165) is 24.8 Å². The van der Waals surface area contributed by atoms with E-state index < -0.39 is 22.2 Å². The fraction of sp³-hybridized carbons (Fsp3) is 0.650. The summed E-state index contributed by atoms with van der Waals surface area (Å²) in [4.78, 5) is 12.3. The van der Waals surface area contributed by atoms with Gasteiger partial charge in [-0.3, -0.25) is 4.79 Å². The first-order chi connectivity index (χ1) is 14.0. The van der Waals surface area contributed by atoms with Crippen LogP contribution in [0.4, 0.5) is 0 Å². The number of carbonyl (C=O) groups excluding carboxylic acids is 1. The number of esters is 1. The topological polar surface area (TPSA) is 85.4 Å². The fourth-order valence-corrected chi connectivity index (χ4v) is 6.41. The Morgan fingerprint density at radius 2 is 1.79 bits per heavy atom. The number of hydrogen-bond acceptors (Lipinski definition) is 6. The molecule has 0 amide bonds. The van der Waals surface area contributed by atoms with Crippen molar-refractivity contribution < 1.29 is 27.4 Å². The second-order valence-corrected chi connectivity index (χ2v) is 9.39. The monoisotopic (exact) mass is 424 g/mol. The van der Waals surface area contributed by atoms with Crippen molar-refractivity contribution in [2.24, 2.45) is 0 Å². The van der Waals surface area contributed by atoms with Gasteiger partial charge in [0.1, 0.15) is 6.04 Å². The van der Waals surface area contributed by atoms with E-state index in [1.165, 1.54) is 8.61 Å². The van der Waals surface area contributed by atoms with E-state index in [1.54, 1.807) is 6.92 Å². The van der Waals surface area contributed by atoms with Gasteiger partial charge in [-0.25, -0.2) is 0 Å². The number of rotatable bonds is 5. The summed E-state index contributed by atoms with van der Waals surface area (Å²) in [6, 6.07) is 4.66. The Balaban J connectivity index is 1.59. The molecule has 0 bridgehead atoms. The molecule has 160 valence electrons. The van der Waals surface area contributed by atoms with E-state index >= 15 is 0 Å². The lowest BCUT2D eigenvalue weighted by Crippen LogP contribution is -2.48. The Morgan fingerprint density at radius 3 is 2.59 bits per heavy atom. The normalized spacial score (nSPS) is 25.7. The summed E-state index contributed by atoms with van der Waals surface area (Å²) in [5.41, 5.74) is 0.891. The van der Waals surface area contributed by atoms with E-state index in [4.69, 9.17) is 14.2 Å². The number of benzene rings is 1. The van der Waals surface area contributed by atoms with Crippen LogP contribution in [0.25, 0.3) is 0 Å². The van der Waals surface area contributed by atoms with Crippen LogP contribution < -0.4 is 9.47 Å². The van der Waals surface area contributed by atoms with Gasteiger partial charge in [0.2, 0.25) is 0 Å². The molecule has 0 radical (unpaired) electrons. The summed E-state index contributed by atoms with van der Waals surface area (Å²) < 4.78 is 46.4. The second-order valence-electron chi connectivity index (χ2n) is 7.55. The number of nitrogens with zero attached hydrogens (tertiary/aromatic N) is 2. The highest BCUT2D eigenvalue weighted by Crippen LogP contribution is 2.40. The average molecular weight is 425 g/mol. The van der Waals surface area contributed by atoms with Crippen molar-refractivity contribution in [3.05, 3.63) is 23.8 Å². The molecule has 0 spiro atoms. The predicted molar refractivity (Wildman–Crippen MR) is 106 cm³/mol. The van der Waals surface area contributed by atoms with Crippen LogP contribution in [-0.2, 0) is 19.7 Å². The highest BCUT2D eigenvalue weighted by molar-refractivity contribution is 7.86. The molecule has 2 saturated heterocycles. The lowest BCUT2D eigenvalue weighted by molar-refractivity contribution is -0.146. The SMILES string of the molecule is CCOC(=O)[C@H]1CCCN1S(=O)(=O)N1CCC[C@@H]1c1ccc2c(c1)OCCCO2. The summed E-state index contributed by atoms with van der Waals surface area (Å²) in [5, 5.41) is 0. The Kier molecular flexibility index (Phi) is 5.98. The number of ether oxygens (including phenoxy) is 3. The third-order valence-corrected chi connectivity index (χ3v) is 7.77. The first-order valence-corrected chi connectivity index (χ1v) is 11.8. The first kappa shape index (κ1) is 20.4. The molecule has 1 aromatic carbocycles. The molecule has 8 nitrogen and oxygen atoms in total. The zero-order valence-electron chi connectivity index (χ0n) is 16.7. The molecule has 0 aromatic heterocycles. The van der Waals surface area contributed by atoms with Crippen LogP contribution in [0.5, 0.6) is 11.5 Å². The highest BCUT2D eigenvalue weighted by Gasteiger charge is 2.46. The van der Waals surface area contributed by atoms with Crippen molar-refractivity contribution in [1.82, 2.24) is 8.61 Å². The van der Waals surface area contributed by atoms with E-state index in [-0.39, 0.29) is 12.6 Å². The van der Waals surface area contributed by atoms with Gasteiger partial charge in [0, 0.05) is 19.5 Å². The van der Waals surface area contributed by atoms with E-state index in [1.807, 2.05) is 18.2 Å². The summed E-state index contributed by atoms with van der Waals surface area (Å²) in [6.07, 6.45) is 3.48. The second kappa shape index (κ2) is 8.49. The summed E-state index contributed by atoms with van der Waals surface area (Å²) >= 11 is 0. The molecule has 0 N–H and O–H groups in total. The summed E-state index contributed by atoms with van der Waals surface area (Å²) in [6.45, 7) is 3.95. The molecule has 0 unspecified atom stereocenters. The molecule has 1 aromatic rings. The summed E-state index contributed by atoms with van der Waals surface area (Å²) in [5.74, 6) is 0.898. The predicted octanol–water partition coefficient (Wildman–Crippen LogP) is 2.26. The van der Waals surface area contributed by atoms with Gasteiger partial charge in [-0.15, -0.1) is 0 Å². The van der Waals surface area contributed by atoms with Crippen molar-refractivity contribution in [3.63, 3.8) is 0 Å². The van der Waals surface area contributed by atoms with Gasteiger partial charge >= 0.3 is 5.97 Å². The van der Waals surface area contributed by atoms with Crippen LogP contribution in [0, 0.1) is 0 Å². The minimum atomic E-state index is -3.78. The van der Waals surface area contributed by atoms with Crippen molar-refractivity contribution in [2.45, 2.75) is 51.1 Å². The van der Waals surface area contributed by atoms with Crippen LogP contribution >= 0.6 is 0 Å². The van der Waals surface area contributed by atoms with Crippen LogP contribution in [0.1, 0.15) is 50.6 Å². The minimum absolute atomic E-state index is 0.243. The largest absolute Gasteiger partial charge is 0.490 e. The number of carbonyl (C=O) groups is 1. The Morgan fingerprint density at radius 1 is 1.07 bits per heavy atom. The van der Waals surface area contributed by atoms with E-state index in [0.29, 0.717) is 50.6 Å².